The van der Waals surface area contributed by atoms with Gasteiger partial charge in [-0.05, 0) is 61.1 Å². The highest BCUT2D eigenvalue weighted by Crippen LogP contribution is 2.38. The molecule has 0 radical (unpaired) electrons. The fraction of sp³-hybridized carbons (Fsp3) is 0.345. The minimum Gasteiger partial charge on any atom is -0.481 e. The quantitative estimate of drug-likeness (QED) is 0.505. The lowest BCUT2D eigenvalue weighted by Gasteiger charge is -2.38. The Balaban J connectivity index is 1.67. The molecule has 1 amide bonds. The molecule has 1 aliphatic heterocycles. The van der Waals surface area contributed by atoms with E-state index in [4.69, 9.17) is 4.74 Å². The fourth-order valence-corrected chi connectivity index (χ4v) is 4.62. The van der Waals surface area contributed by atoms with E-state index in [1.54, 1.807) is 0 Å². The zero-order chi connectivity index (χ0) is 23.2. The van der Waals surface area contributed by atoms with Gasteiger partial charge in [-0.25, -0.2) is 0 Å². The summed E-state index contributed by atoms with van der Waals surface area (Å²) in [6, 6.07) is 26.0. The maximum Gasteiger partial charge on any atom is 0.261 e. The van der Waals surface area contributed by atoms with Crippen LogP contribution in [-0.2, 0) is 17.8 Å². The predicted octanol–water partition coefficient (Wildman–Crippen LogP) is 5.44. The highest BCUT2D eigenvalue weighted by atomic mass is 16.5. The fourth-order valence-electron chi connectivity index (χ4n) is 4.62. The lowest BCUT2D eigenvalue weighted by atomic mass is 9.87. The highest BCUT2D eigenvalue weighted by Gasteiger charge is 2.29. The second-order valence-corrected chi connectivity index (χ2v) is 8.79. The van der Waals surface area contributed by atoms with Crippen LogP contribution in [0.15, 0.2) is 72.8 Å². The summed E-state index contributed by atoms with van der Waals surface area (Å²) in [5, 5.41) is 2.88. The minimum absolute atomic E-state index is 0.0571. The van der Waals surface area contributed by atoms with Gasteiger partial charge in [-0.1, -0.05) is 73.2 Å². The van der Waals surface area contributed by atoms with Crippen molar-refractivity contribution in [2.45, 2.75) is 52.3 Å². The van der Waals surface area contributed by atoms with Crippen molar-refractivity contribution in [1.82, 2.24) is 10.2 Å². The average Bonchev–Trinajstić information content (AvgIpc) is 2.84. The van der Waals surface area contributed by atoms with Crippen LogP contribution in [0.2, 0.25) is 0 Å². The van der Waals surface area contributed by atoms with Crippen LogP contribution in [0.25, 0.3) is 0 Å². The normalized spacial score (nSPS) is 16.6. The SMILES string of the molecule is CCNC(=O)C(CC)Oc1ccc2c(c1)C(c1ccccc1)N(Cc1ccc(C)cc1)CC2. The van der Waals surface area contributed by atoms with Crippen LogP contribution in [0.3, 0.4) is 0 Å². The summed E-state index contributed by atoms with van der Waals surface area (Å²) in [4.78, 5) is 14.9. The molecule has 2 unspecified atom stereocenters. The van der Waals surface area contributed by atoms with Gasteiger partial charge in [0.05, 0.1) is 6.04 Å². The van der Waals surface area contributed by atoms with Crippen LogP contribution in [0.5, 0.6) is 5.75 Å². The third kappa shape index (κ3) is 5.45. The third-order valence-corrected chi connectivity index (χ3v) is 6.36. The molecule has 0 spiro atoms. The standard InChI is InChI=1S/C29H34N2O2/c1-4-27(29(32)30-5-2)33-25-16-15-23-17-18-31(20-22-13-11-21(3)12-14-22)28(26(23)19-25)24-9-7-6-8-10-24/h6-16,19,27-28H,4-5,17-18,20H2,1-3H3,(H,30,32). The second kappa shape index (κ2) is 10.7. The Morgan fingerprint density at radius 3 is 2.52 bits per heavy atom. The topological polar surface area (TPSA) is 41.6 Å². The number of amides is 1. The largest absolute Gasteiger partial charge is 0.481 e. The molecule has 1 N–H and O–H groups in total. The Morgan fingerprint density at radius 1 is 1.06 bits per heavy atom. The van der Waals surface area contributed by atoms with Gasteiger partial charge in [-0.3, -0.25) is 9.69 Å². The molecule has 0 aliphatic carbocycles. The van der Waals surface area contributed by atoms with E-state index in [-0.39, 0.29) is 11.9 Å². The number of rotatable bonds is 8. The van der Waals surface area contributed by atoms with Gasteiger partial charge < -0.3 is 10.1 Å². The Kier molecular flexibility index (Phi) is 7.46. The van der Waals surface area contributed by atoms with Crippen molar-refractivity contribution < 1.29 is 9.53 Å². The molecule has 3 aromatic carbocycles. The van der Waals surface area contributed by atoms with E-state index < -0.39 is 6.10 Å². The molecule has 1 aliphatic rings. The molecule has 33 heavy (non-hydrogen) atoms. The lowest BCUT2D eigenvalue weighted by molar-refractivity contribution is -0.128. The lowest BCUT2D eigenvalue weighted by Crippen LogP contribution is -2.38. The average molecular weight is 443 g/mol. The van der Waals surface area contributed by atoms with Crippen LogP contribution in [0.1, 0.15) is 54.1 Å². The van der Waals surface area contributed by atoms with Crippen LogP contribution in [0, 0.1) is 6.92 Å². The number of aryl methyl sites for hydroxylation is 1. The molecular formula is C29H34N2O2. The summed E-state index contributed by atoms with van der Waals surface area (Å²) in [6.45, 7) is 8.52. The van der Waals surface area contributed by atoms with Gasteiger partial charge in [-0.15, -0.1) is 0 Å². The van der Waals surface area contributed by atoms with Gasteiger partial charge in [0.25, 0.3) is 5.91 Å². The van der Waals surface area contributed by atoms with Crippen molar-refractivity contribution in [1.29, 1.82) is 0 Å². The highest BCUT2D eigenvalue weighted by molar-refractivity contribution is 5.81. The Labute approximate surface area is 197 Å². The number of benzene rings is 3. The number of likely N-dealkylation sites (N-methyl/N-ethyl adjacent to an activating group) is 1. The van der Waals surface area contributed by atoms with Gasteiger partial charge in [-0.2, -0.15) is 0 Å². The smallest absolute Gasteiger partial charge is 0.261 e. The molecule has 2 atom stereocenters. The van der Waals surface area contributed by atoms with Crippen LogP contribution in [-0.4, -0.2) is 30.0 Å². The van der Waals surface area contributed by atoms with Crippen molar-refractivity contribution in [3.63, 3.8) is 0 Å². The first-order chi connectivity index (χ1) is 16.1. The molecular weight excluding hydrogens is 408 g/mol. The van der Waals surface area contributed by atoms with Crippen molar-refractivity contribution in [2.24, 2.45) is 0 Å². The monoisotopic (exact) mass is 442 g/mol. The summed E-state index contributed by atoms with van der Waals surface area (Å²) in [5.74, 6) is 0.697. The number of fused-ring (bicyclic) bond motifs is 1. The molecule has 4 rings (SSSR count). The zero-order valence-corrected chi connectivity index (χ0v) is 19.9. The van der Waals surface area contributed by atoms with E-state index in [2.05, 4.69) is 83.9 Å². The first kappa shape index (κ1) is 23.1. The number of carbonyl (C=O) groups excluding carboxylic acids is 1. The summed E-state index contributed by atoms with van der Waals surface area (Å²) in [6.07, 6.45) is 1.15. The molecule has 3 aromatic rings. The molecule has 172 valence electrons. The Bertz CT molecular complexity index is 1060. The third-order valence-electron chi connectivity index (χ3n) is 6.36. The van der Waals surface area contributed by atoms with Crippen molar-refractivity contribution in [3.05, 3.63) is 101 Å². The zero-order valence-electron chi connectivity index (χ0n) is 19.9. The molecule has 4 heteroatoms. The van der Waals surface area contributed by atoms with E-state index in [1.807, 2.05) is 19.9 Å². The molecule has 0 fully saturated rings. The molecule has 0 bridgehead atoms. The van der Waals surface area contributed by atoms with E-state index in [0.717, 1.165) is 25.3 Å². The predicted molar refractivity (Wildman–Crippen MR) is 133 cm³/mol. The van der Waals surface area contributed by atoms with Gasteiger partial charge >= 0.3 is 0 Å². The number of hydrogen-bond donors (Lipinski definition) is 1. The van der Waals surface area contributed by atoms with Gasteiger partial charge in [0.15, 0.2) is 6.10 Å². The molecule has 1 heterocycles. The van der Waals surface area contributed by atoms with Crippen molar-refractivity contribution in [3.8, 4) is 5.75 Å². The number of nitrogens with zero attached hydrogens (tertiary/aromatic N) is 1. The van der Waals surface area contributed by atoms with Crippen LogP contribution >= 0.6 is 0 Å². The van der Waals surface area contributed by atoms with Gasteiger partial charge in [0.2, 0.25) is 0 Å². The molecule has 0 saturated heterocycles. The first-order valence-corrected chi connectivity index (χ1v) is 12.0. The summed E-state index contributed by atoms with van der Waals surface area (Å²) in [5.41, 5.74) is 6.49. The first-order valence-electron chi connectivity index (χ1n) is 12.0. The Morgan fingerprint density at radius 2 is 1.82 bits per heavy atom. The second-order valence-electron chi connectivity index (χ2n) is 8.79. The summed E-state index contributed by atoms with van der Waals surface area (Å²) < 4.78 is 6.16. The Hall–Kier alpha value is -3.11. The number of carbonyl (C=O) groups is 1. The molecule has 0 aromatic heterocycles. The van der Waals surface area contributed by atoms with E-state index in [9.17, 15) is 4.79 Å². The van der Waals surface area contributed by atoms with E-state index in [0.29, 0.717) is 13.0 Å². The van der Waals surface area contributed by atoms with E-state index >= 15 is 0 Å². The van der Waals surface area contributed by atoms with Gasteiger partial charge in [0.1, 0.15) is 5.75 Å². The molecule has 0 saturated carbocycles. The van der Waals surface area contributed by atoms with Crippen molar-refractivity contribution >= 4 is 5.91 Å². The van der Waals surface area contributed by atoms with E-state index in [1.165, 1.54) is 27.8 Å². The molecule has 4 nitrogen and oxygen atoms in total. The summed E-state index contributed by atoms with van der Waals surface area (Å²) >= 11 is 0. The maximum atomic E-state index is 12.4. The van der Waals surface area contributed by atoms with Crippen LogP contribution in [0.4, 0.5) is 0 Å². The number of ether oxygens (including phenoxy) is 1. The number of nitrogens with one attached hydrogen (secondary N) is 1. The van der Waals surface area contributed by atoms with Crippen molar-refractivity contribution in [2.75, 3.05) is 13.1 Å². The van der Waals surface area contributed by atoms with Crippen LogP contribution < -0.4 is 10.1 Å². The maximum absolute atomic E-state index is 12.4. The minimum atomic E-state index is -0.481. The van der Waals surface area contributed by atoms with Gasteiger partial charge in [0, 0.05) is 19.6 Å². The summed E-state index contributed by atoms with van der Waals surface area (Å²) in [7, 11) is 0. The number of hydrogen-bond acceptors (Lipinski definition) is 3.